The molecule has 1 N–H and O–H groups in total. The predicted molar refractivity (Wildman–Crippen MR) is 129 cm³/mol. The second-order valence-electron chi connectivity index (χ2n) is 7.95. The van der Waals surface area contributed by atoms with Gasteiger partial charge in [0.15, 0.2) is 26.6 Å². The number of hydrogen-bond acceptors (Lipinski definition) is 8. The number of carbonyl (C=O) groups excluding carboxylic acids is 2. The first-order chi connectivity index (χ1) is 16.3. The van der Waals surface area contributed by atoms with Gasteiger partial charge in [-0.25, -0.2) is 13.4 Å². The first kappa shape index (κ1) is 22.3. The third-order valence-electron chi connectivity index (χ3n) is 5.51. The minimum Gasteiger partial charge on any atom is -0.457 e. The number of benzene rings is 2. The number of sulfone groups is 1. The highest BCUT2D eigenvalue weighted by molar-refractivity contribution is 8.15. The summed E-state index contributed by atoms with van der Waals surface area (Å²) in [6.07, 6.45) is 3.02. The third kappa shape index (κ3) is 4.46. The maximum absolute atomic E-state index is 12.3. The lowest BCUT2D eigenvalue weighted by Crippen LogP contribution is -2.18. The zero-order valence-electron chi connectivity index (χ0n) is 18.0. The molecular weight excluding hydrogens is 474 g/mol. The Kier molecular flexibility index (Phi) is 5.70. The highest BCUT2D eigenvalue weighted by Gasteiger charge is 2.34. The molecule has 0 spiro atoms. The van der Waals surface area contributed by atoms with Crippen LogP contribution in [0.15, 0.2) is 65.7 Å². The molecule has 2 aromatic heterocycles. The Balaban J connectivity index is 1.55. The van der Waals surface area contributed by atoms with Crippen LogP contribution in [0.4, 0.5) is 0 Å². The van der Waals surface area contributed by atoms with E-state index >= 15 is 0 Å². The fraction of sp³-hybridized carbons (Fsp3) is 0.167. The van der Waals surface area contributed by atoms with Gasteiger partial charge in [-0.15, -0.1) is 0 Å². The molecule has 172 valence electrons. The van der Waals surface area contributed by atoms with Crippen LogP contribution in [0.1, 0.15) is 5.56 Å². The van der Waals surface area contributed by atoms with E-state index in [0.29, 0.717) is 34.1 Å². The molecule has 0 bridgehead atoms. The van der Waals surface area contributed by atoms with Gasteiger partial charge < -0.3 is 9.72 Å². The van der Waals surface area contributed by atoms with Gasteiger partial charge in [0, 0.05) is 18.5 Å². The lowest BCUT2D eigenvalue weighted by atomic mass is 9.96. The SMILES string of the molecule is CS(=O)(=O)c1ccc(Oc2cc3nc(-c4ccccn4)[nH]c3cc2CC2C(=O)CSC2=O)cc1. The number of carbonyl (C=O) groups is 2. The van der Waals surface area contributed by atoms with E-state index in [2.05, 4.69) is 15.0 Å². The second kappa shape index (κ2) is 8.69. The number of aromatic amines is 1. The molecule has 1 unspecified atom stereocenters. The number of H-pyrrole nitrogens is 1. The Morgan fingerprint density at radius 1 is 1.12 bits per heavy atom. The molecule has 3 heterocycles. The fourth-order valence-electron chi connectivity index (χ4n) is 3.73. The van der Waals surface area contributed by atoms with Gasteiger partial charge >= 0.3 is 0 Å². The van der Waals surface area contributed by atoms with Crippen LogP contribution in [0, 0.1) is 5.92 Å². The molecule has 8 nitrogen and oxygen atoms in total. The molecule has 2 aromatic carbocycles. The van der Waals surface area contributed by atoms with Crippen molar-refractivity contribution in [2.24, 2.45) is 5.92 Å². The third-order valence-corrected chi connectivity index (χ3v) is 7.63. The Hall–Kier alpha value is -3.50. The summed E-state index contributed by atoms with van der Waals surface area (Å²) in [5.41, 5.74) is 2.70. The lowest BCUT2D eigenvalue weighted by molar-refractivity contribution is -0.125. The van der Waals surface area contributed by atoms with Crippen molar-refractivity contribution in [3.8, 4) is 23.0 Å². The number of pyridine rings is 1. The number of imidazole rings is 1. The average molecular weight is 494 g/mol. The topological polar surface area (TPSA) is 119 Å². The van der Waals surface area contributed by atoms with E-state index < -0.39 is 15.8 Å². The van der Waals surface area contributed by atoms with Crippen molar-refractivity contribution in [2.75, 3.05) is 12.0 Å². The normalized spacial score (nSPS) is 16.3. The smallest absolute Gasteiger partial charge is 0.200 e. The Bertz CT molecular complexity index is 1500. The van der Waals surface area contributed by atoms with Gasteiger partial charge in [0.1, 0.15) is 17.2 Å². The number of rotatable bonds is 6. The molecule has 0 saturated carbocycles. The Labute approximate surface area is 199 Å². The average Bonchev–Trinajstić information content (AvgIpc) is 3.37. The summed E-state index contributed by atoms with van der Waals surface area (Å²) in [5.74, 6) is 0.804. The highest BCUT2D eigenvalue weighted by Crippen LogP contribution is 2.35. The van der Waals surface area contributed by atoms with Crippen LogP contribution in [0.25, 0.3) is 22.6 Å². The molecule has 10 heteroatoms. The summed E-state index contributed by atoms with van der Waals surface area (Å²) in [6, 6.07) is 15.2. The summed E-state index contributed by atoms with van der Waals surface area (Å²) in [5, 5.41) is -0.146. The maximum atomic E-state index is 12.3. The number of aromatic nitrogens is 3. The number of hydrogen-bond donors (Lipinski definition) is 1. The van der Waals surface area contributed by atoms with E-state index in [0.717, 1.165) is 23.5 Å². The second-order valence-corrected chi connectivity index (χ2v) is 10.9. The lowest BCUT2D eigenvalue weighted by Gasteiger charge is -2.14. The molecule has 4 aromatic rings. The van der Waals surface area contributed by atoms with Crippen molar-refractivity contribution in [1.82, 2.24) is 15.0 Å². The van der Waals surface area contributed by atoms with E-state index in [9.17, 15) is 18.0 Å². The minimum atomic E-state index is -3.33. The quantitative estimate of drug-likeness (QED) is 0.403. The van der Waals surface area contributed by atoms with Crippen LogP contribution in [-0.2, 0) is 25.8 Å². The van der Waals surface area contributed by atoms with Crippen molar-refractivity contribution in [1.29, 1.82) is 0 Å². The number of ether oxygens (including phenoxy) is 1. The molecule has 1 fully saturated rings. The zero-order valence-corrected chi connectivity index (χ0v) is 19.7. The molecule has 0 amide bonds. The Morgan fingerprint density at radius 2 is 1.91 bits per heavy atom. The van der Waals surface area contributed by atoms with Crippen molar-refractivity contribution in [3.05, 3.63) is 66.4 Å². The molecule has 1 aliphatic rings. The van der Waals surface area contributed by atoms with Gasteiger partial charge in [0.25, 0.3) is 0 Å². The van der Waals surface area contributed by atoms with Gasteiger partial charge in [-0.1, -0.05) is 17.8 Å². The monoisotopic (exact) mass is 493 g/mol. The number of nitrogens with one attached hydrogen (secondary N) is 1. The fourth-order valence-corrected chi connectivity index (χ4v) is 5.27. The standard InChI is InChI=1S/C24H19N3O5S2/c1-34(30,31)16-7-5-15(6-8-16)32-22-12-20-19(26-23(27-20)18-4-2-3-9-25-18)11-14(22)10-17-21(28)13-33-24(17)29/h2-9,11-12,17H,10,13H2,1H3,(H,26,27). The highest BCUT2D eigenvalue weighted by atomic mass is 32.2. The Morgan fingerprint density at radius 3 is 2.56 bits per heavy atom. The molecule has 5 rings (SSSR count). The van der Waals surface area contributed by atoms with Crippen LogP contribution in [-0.4, -0.2) is 46.3 Å². The summed E-state index contributed by atoms with van der Waals surface area (Å²) in [6.45, 7) is 0. The van der Waals surface area contributed by atoms with E-state index in [1.165, 1.54) is 12.1 Å². The predicted octanol–water partition coefficient (Wildman–Crippen LogP) is 3.82. The number of fused-ring (bicyclic) bond motifs is 1. The van der Waals surface area contributed by atoms with Gasteiger partial charge in [-0.3, -0.25) is 14.6 Å². The minimum absolute atomic E-state index is 0.0997. The molecule has 0 radical (unpaired) electrons. The molecule has 34 heavy (non-hydrogen) atoms. The first-order valence-electron chi connectivity index (χ1n) is 10.4. The first-order valence-corrected chi connectivity index (χ1v) is 13.3. The van der Waals surface area contributed by atoms with Gasteiger partial charge in [0.2, 0.25) is 0 Å². The van der Waals surface area contributed by atoms with Crippen LogP contribution >= 0.6 is 11.8 Å². The van der Waals surface area contributed by atoms with Gasteiger partial charge in [-0.05, 0) is 54.4 Å². The number of Topliss-reactive ketones (excluding diaryl/α,β-unsaturated/α-hetero) is 1. The van der Waals surface area contributed by atoms with Crippen LogP contribution < -0.4 is 4.74 Å². The summed E-state index contributed by atoms with van der Waals surface area (Å²) >= 11 is 1.04. The van der Waals surface area contributed by atoms with Crippen molar-refractivity contribution in [3.63, 3.8) is 0 Å². The van der Waals surface area contributed by atoms with Gasteiger partial charge in [0.05, 0.1) is 27.6 Å². The van der Waals surface area contributed by atoms with Crippen LogP contribution in [0.3, 0.4) is 0 Å². The molecule has 1 saturated heterocycles. The molecule has 0 aliphatic carbocycles. The van der Waals surface area contributed by atoms with Crippen LogP contribution in [0.5, 0.6) is 11.5 Å². The largest absolute Gasteiger partial charge is 0.457 e. The van der Waals surface area contributed by atoms with Crippen molar-refractivity contribution in [2.45, 2.75) is 11.3 Å². The van der Waals surface area contributed by atoms with E-state index in [1.54, 1.807) is 24.4 Å². The number of thioether (sulfide) groups is 1. The van der Waals surface area contributed by atoms with E-state index in [-0.39, 0.29) is 28.0 Å². The van der Waals surface area contributed by atoms with Crippen molar-refractivity contribution >= 4 is 43.5 Å². The summed E-state index contributed by atoms with van der Waals surface area (Å²) < 4.78 is 29.6. The molecule has 1 atom stereocenters. The summed E-state index contributed by atoms with van der Waals surface area (Å²) in [4.78, 5) is 36.9. The van der Waals surface area contributed by atoms with E-state index in [4.69, 9.17) is 4.74 Å². The number of nitrogens with zero attached hydrogens (tertiary/aromatic N) is 2. The zero-order chi connectivity index (χ0) is 23.9. The van der Waals surface area contributed by atoms with Crippen LogP contribution in [0.2, 0.25) is 0 Å². The molecule has 1 aliphatic heterocycles. The molecular formula is C24H19N3O5S2. The maximum Gasteiger partial charge on any atom is 0.200 e. The van der Waals surface area contributed by atoms with E-state index in [1.807, 2.05) is 24.3 Å². The number of ketones is 1. The van der Waals surface area contributed by atoms with Crippen molar-refractivity contribution < 1.29 is 22.7 Å². The summed E-state index contributed by atoms with van der Waals surface area (Å²) in [7, 11) is -3.33. The van der Waals surface area contributed by atoms with Gasteiger partial charge in [-0.2, -0.15) is 0 Å².